The zero-order chi connectivity index (χ0) is 20.6. The van der Waals surface area contributed by atoms with Crippen molar-refractivity contribution in [3.05, 3.63) is 17.7 Å². The van der Waals surface area contributed by atoms with E-state index in [9.17, 15) is 9.59 Å². The van der Waals surface area contributed by atoms with Crippen LogP contribution in [0.15, 0.2) is 12.1 Å². The van der Waals surface area contributed by atoms with E-state index in [0.29, 0.717) is 47.6 Å². The lowest BCUT2D eigenvalue weighted by Gasteiger charge is -2.53. The Bertz CT molecular complexity index is 762. The molecule has 1 unspecified atom stereocenters. The van der Waals surface area contributed by atoms with Gasteiger partial charge in [0, 0.05) is 30.9 Å². The number of fused-ring (bicyclic) bond motifs is 2. The Balaban J connectivity index is 1.71. The fraction of sp³-hybridized carbons (Fsp3) is 0.600. The molecule has 1 aromatic rings. The molecule has 3 N–H and O–H groups in total. The van der Waals surface area contributed by atoms with Gasteiger partial charge in [0.2, 0.25) is 0 Å². The number of hydrogen-bond acceptors (Lipinski definition) is 7. The minimum atomic E-state index is -0.502. The average Bonchev–Trinajstić information content (AvgIpc) is 2.64. The quantitative estimate of drug-likeness (QED) is 0.601. The first kappa shape index (κ1) is 20.1. The second-order valence-electron chi connectivity index (χ2n) is 8.44. The molecular formula is C20H29N3O5. The molecule has 8 heteroatoms. The predicted molar refractivity (Wildman–Crippen MR) is 106 cm³/mol. The summed E-state index contributed by atoms with van der Waals surface area (Å²) in [5, 5.41) is 3.49. The number of nitrogen functional groups attached to an aromatic ring is 1. The maximum Gasteiger partial charge on any atom is 0.410 e. The molecular weight excluding hydrogens is 362 g/mol. The van der Waals surface area contributed by atoms with Crippen LogP contribution in [0.25, 0.3) is 0 Å². The van der Waals surface area contributed by atoms with Crippen molar-refractivity contribution in [2.75, 3.05) is 38.4 Å². The van der Waals surface area contributed by atoms with Crippen LogP contribution in [0.2, 0.25) is 0 Å². The minimum absolute atomic E-state index is 0.196. The van der Waals surface area contributed by atoms with Gasteiger partial charge in [-0.25, -0.2) is 9.59 Å². The third kappa shape index (κ3) is 3.95. The van der Waals surface area contributed by atoms with Crippen LogP contribution in [0.4, 0.5) is 16.2 Å². The van der Waals surface area contributed by atoms with Crippen molar-refractivity contribution in [3.63, 3.8) is 0 Å². The number of amides is 1. The molecule has 2 fully saturated rings. The molecule has 2 bridgehead atoms. The average molecular weight is 391 g/mol. The van der Waals surface area contributed by atoms with Crippen molar-refractivity contribution in [1.29, 1.82) is 0 Å². The highest BCUT2D eigenvalue weighted by Gasteiger charge is 2.48. The Labute approximate surface area is 165 Å². The molecule has 0 spiro atoms. The summed E-state index contributed by atoms with van der Waals surface area (Å²) < 4.78 is 15.7. The van der Waals surface area contributed by atoms with Gasteiger partial charge < -0.3 is 30.2 Å². The van der Waals surface area contributed by atoms with Gasteiger partial charge in [0.15, 0.2) is 0 Å². The highest BCUT2D eigenvalue weighted by atomic mass is 16.6. The van der Waals surface area contributed by atoms with E-state index in [1.54, 1.807) is 24.1 Å². The topological polar surface area (TPSA) is 103 Å². The van der Waals surface area contributed by atoms with E-state index in [2.05, 4.69) is 5.32 Å². The summed E-state index contributed by atoms with van der Waals surface area (Å²) in [7, 11) is 2.88. The second kappa shape index (κ2) is 7.41. The molecule has 3 atom stereocenters. The molecule has 3 rings (SSSR count). The van der Waals surface area contributed by atoms with Gasteiger partial charge >= 0.3 is 12.1 Å². The molecule has 1 aromatic carbocycles. The van der Waals surface area contributed by atoms with Crippen LogP contribution in [-0.4, -0.2) is 55.9 Å². The van der Waals surface area contributed by atoms with Gasteiger partial charge in [0.25, 0.3) is 0 Å². The third-order valence-corrected chi connectivity index (χ3v) is 5.28. The number of ether oxygens (including phenoxy) is 3. The predicted octanol–water partition coefficient (Wildman–Crippen LogP) is 2.73. The molecule has 1 aliphatic carbocycles. The minimum Gasteiger partial charge on any atom is -0.495 e. The summed E-state index contributed by atoms with van der Waals surface area (Å²) in [5.74, 6) is 0.706. The molecule has 1 heterocycles. The van der Waals surface area contributed by atoms with Gasteiger partial charge in [-0.1, -0.05) is 0 Å². The number of nitrogens with one attached hydrogen (secondary N) is 1. The van der Waals surface area contributed by atoms with Crippen molar-refractivity contribution in [2.45, 2.75) is 38.8 Å². The molecule has 1 amide bonds. The number of anilines is 2. The number of nitrogens with two attached hydrogens (primary N) is 1. The highest BCUT2D eigenvalue weighted by molar-refractivity contribution is 5.97. The second-order valence-corrected chi connectivity index (χ2v) is 8.44. The Morgan fingerprint density at radius 1 is 1.18 bits per heavy atom. The fourth-order valence-electron chi connectivity index (χ4n) is 3.94. The number of piperidine rings is 2. The van der Waals surface area contributed by atoms with Crippen LogP contribution in [0.3, 0.4) is 0 Å². The maximum atomic E-state index is 12.3. The van der Waals surface area contributed by atoms with Gasteiger partial charge in [0.05, 0.1) is 25.5 Å². The lowest BCUT2D eigenvalue weighted by molar-refractivity contribution is -0.0223. The lowest BCUT2D eigenvalue weighted by atomic mass is 9.66. The van der Waals surface area contributed by atoms with E-state index in [0.717, 1.165) is 6.42 Å². The highest BCUT2D eigenvalue weighted by Crippen LogP contribution is 2.44. The van der Waals surface area contributed by atoms with Crippen LogP contribution in [0.1, 0.15) is 37.6 Å². The first-order valence-corrected chi connectivity index (χ1v) is 9.43. The maximum absolute atomic E-state index is 12.3. The van der Waals surface area contributed by atoms with Crippen LogP contribution in [0, 0.1) is 11.8 Å². The number of methoxy groups -OCH3 is 2. The monoisotopic (exact) mass is 391 g/mol. The van der Waals surface area contributed by atoms with E-state index < -0.39 is 11.6 Å². The van der Waals surface area contributed by atoms with Crippen LogP contribution in [0.5, 0.6) is 5.75 Å². The number of esters is 1. The van der Waals surface area contributed by atoms with Crippen molar-refractivity contribution >= 4 is 23.4 Å². The molecule has 28 heavy (non-hydrogen) atoms. The Kier molecular flexibility index (Phi) is 5.32. The molecule has 0 aromatic heterocycles. The van der Waals surface area contributed by atoms with Crippen molar-refractivity contribution < 1.29 is 23.8 Å². The molecule has 154 valence electrons. The number of benzene rings is 1. The summed E-state index contributed by atoms with van der Waals surface area (Å²) in [4.78, 5) is 26.1. The van der Waals surface area contributed by atoms with Gasteiger partial charge in [-0.3, -0.25) is 0 Å². The van der Waals surface area contributed by atoms with Crippen LogP contribution >= 0.6 is 0 Å². The number of carbonyl (C=O) groups excluding carboxylic acids is 2. The number of likely N-dealkylation sites (tertiary alicyclic amines) is 1. The largest absolute Gasteiger partial charge is 0.495 e. The van der Waals surface area contributed by atoms with E-state index >= 15 is 0 Å². The van der Waals surface area contributed by atoms with Gasteiger partial charge in [-0.15, -0.1) is 0 Å². The molecule has 1 saturated carbocycles. The van der Waals surface area contributed by atoms with E-state index in [1.807, 2.05) is 20.8 Å². The SMILES string of the molecule is COC(=O)c1cc(NC2[C@@H]3C[C@H]2CN(C(=O)OC(C)(C)C)C3)c(OC)cc1N. The molecule has 1 saturated heterocycles. The summed E-state index contributed by atoms with van der Waals surface area (Å²) in [6.45, 7) is 6.89. The number of rotatable bonds is 4. The Morgan fingerprint density at radius 2 is 1.82 bits per heavy atom. The standard InChI is InChI=1S/C20H29N3O5/c1-20(2,3)28-19(25)23-9-11-6-12(10-23)17(11)22-15-7-13(18(24)27-5)14(21)8-16(15)26-4/h7-8,11-12,17,22H,6,9-10,21H2,1-5H3/t11-,12+,17?. The van der Waals surface area contributed by atoms with E-state index in [4.69, 9.17) is 19.9 Å². The smallest absolute Gasteiger partial charge is 0.410 e. The van der Waals surface area contributed by atoms with Crippen molar-refractivity contribution in [1.82, 2.24) is 4.90 Å². The van der Waals surface area contributed by atoms with Crippen molar-refractivity contribution in [3.8, 4) is 5.75 Å². The zero-order valence-corrected chi connectivity index (χ0v) is 17.1. The number of carbonyl (C=O) groups is 2. The number of nitrogens with zero attached hydrogens (tertiary/aromatic N) is 1. The third-order valence-electron chi connectivity index (χ3n) is 5.28. The molecule has 0 radical (unpaired) electrons. The zero-order valence-electron chi connectivity index (χ0n) is 17.1. The van der Waals surface area contributed by atoms with Crippen LogP contribution < -0.4 is 15.8 Å². The summed E-state index contributed by atoms with van der Waals surface area (Å²) in [6.07, 6.45) is 0.789. The fourth-order valence-corrected chi connectivity index (χ4v) is 3.94. The summed E-state index contributed by atoms with van der Waals surface area (Å²) >= 11 is 0. The Hall–Kier alpha value is -2.64. The molecule has 2 aliphatic rings. The van der Waals surface area contributed by atoms with Gasteiger partial charge in [0.1, 0.15) is 11.4 Å². The van der Waals surface area contributed by atoms with Gasteiger partial charge in [-0.05, 0) is 45.1 Å². The molecule has 1 aliphatic heterocycles. The first-order valence-electron chi connectivity index (χ1n) is 9.43. The van der Waals surface area contributed by atoms with Crippen molar-refractivity contribution in [2.24, 2.45) is 11.8 Å². The Morgan fingerprint density at radius 3 is 2.36 bits per heavy atom. The lowest BCUT2D eigenvalue weighted by Crippen LogP contribution is -2.62. The summed E-state index contributed by atoms with van der Waals surface area (Å²) in [5.41, 5.74) is 6.74. The molecule has 8 nitrogen and oxygen atoms in total. The summed E-state index contributed by atoms with van der Waals surface area (Å²) in [6, 6.07) is 3.48. The number of hydrogen-bond donors (Lipinski definition) is 2. The van der Waals surface area contributed by atoms with Crippen LogP contribution in [-0.2, 0) is 9.47 Å². The normalized spacial score (nSPS) is 23.5. The van der Waals surface area contributed by atoms with E-state index in [1.165, 1.54) is 7.11 Å². The first-order chi connectivity index (χ1) is 13.1. The van der Waals surface area contributed by atoms with E-state index in [-0.39, 0.29) is 12.1 Å². The van der Waals surface area contributed by atoms with Gasteiger partial charge in [-0.2, -0.15) is 0 Å².